The Labute approximate surface area is 172 Å². The number of rotatable bonds is 7. The Morgan fingerprint density at radius 1 is 1.08 bits per heavy atom. The van der Waals surface area contributed by atoms with Gasteiger partial charge in [-0.3, -0.25) is 9.89 Å². The van der Waals surface area contributed by atoms with E-state index in [9.17, 15) is 0 Å². The molecule has 1 heterocycles. The fourth-order valence-electron chi connectivity index (χ4n) is 4.17. The lowest BCUT2D eigenvalue weighted by Crippen LogP contribution is -2.53. The fourth-order valence-corrected chi connectivity index (χ4v) is 4.17. The summed E-state index contributed by atoms with van der Waals surface area (Å²) in [6, 6.07) is 0.550. The number of halogens is 1. The molecule has 2 rings (SSSR count). The van der Waals surface area contributed by atoms with Crippen LogP contribution >= 0.6 is 24.0 Å². The molecule has 2 N–H and O–H groups in total. The summed E-state index contributed by atoms with van der Waals surface area (Å²) >= 11 is 0. The summed E-state index contributed by atoms with van der Waals surface area (Å²) in [6.07, 6.45) is 6.79. The molecule has 148 valence electrons. The Balaban J connectivity index is 0.00000312. The summed E-state index contributed by atoms with van der Waals surface area (Å²) in [7, 11) is 1.88. The van der Waals surface area contributed by atoms with Gasteiger partial charge < -0.3 is 15.5 Å². The molecule has 0 radical (unpaired) electrons. The minimum absolute atomic E-state index is 0. The van der Waals surface area contributed by atoms with Crippen molar-refractivity contribution in [2.24, 2.45) is 10.4 Å². The van der Waals surface area contributed by atoms with Gasteiger partial charge in [0.05, 0.1) is 0 Å². The van der Waals surface area contributed by atoms with Gasteiger partial charge >= 0.3 is 0 Å². The van der Waals surface area contributed by atoms with E-state index in [-0.39, 0.29) is 24.0 Å². The largest absolute Gasteiger partial charge is 0.356 e. The van der Waals surface area contributed by atoms with Crippen LogP contribution in [0.15, 0.2) is 4.99 Å². The fraction of sp³-hybridized carbons (Fsp3) is 0.947. The molecule has 2 fully saturated rings. The Morgan fingerprint density at radius 3 is 2.24 bits per heavy atom. The molecule has 1 aliphatic heterocycles. The number of nitrogens with one attached hydrogen (secondary N) is 2. The van der Waals surface area contributed by atoms with Gasteiger partial charge in [-0.15, -0.1) is 24.0 Å². The molecule has 0 amide bonds. The maximum atomic E-state index is 4.42. The third-order valence-electron chi connectivity index (χ3n) is 6.31. The first kappa shape index (κ1) is 23.0. The molecular weight excluding hydrogens is 425 g/mol. The first-order valence-corrected chi connectivity index (χ1v) is 10.0. The molecule has 25 heavy (non-hydrogen) atoms. The lowest BCUT2D eigenvalue weighted by molar-refractivity contribution is 0.107. The number of guanidine groups is 1. The van der Waals surface area contributed by atoms with Crippen LogP contribution in [0.2, 0.25) is 0 Å². The van der Waals surface area contributed by atoms with E-state index in [2.05, 4.69) is 46.2 Å². The summed E-state index contributed by atoms with van der Waals surface area (Å²) in [4.78, 5) is 9.55. The van der Waals surface area contributed by atoms with E-state index in [1.165, 1.54) is 64.8 Å². The van der Waals surface area contributed by atoms with Gasteiger partial charge in [-0.25, -0.2) is 0 Å². The molecule has 6 heteroatoms. The van der Waals surface area contributed by atoms with Crippen molar-refractivity contribution in [3.63, 3.8) is 0 Å². The van der Waals surface area contributed by atoms with Gasteiger partial charge in [0, 0.05) is 52.4 Å². The predicted molar refractivity (Wildman–Crippen MR) is 119 cm³/mol. The molecule has 1 saturated carbocycles. The first-order chi connectivity index (χ1) is 11.6. The van der Waals surface area contributed by atoms with Crippen LogP contribution in [0.25, 0.3) is 0 Å². The monoisotopic (exact) mass is 465 g/mol. The van der Waals surface area contributed by atoms with Crippen molar-refractivity contribution in [1.29, 1.82) is 0 Å². The highest BCUT2D eigenvalue weighted by atomic mass is 127. The van der Waals surface area contributed by atoms with Gasteiger partial charge in [0.1, 0.15) is 0 Å². The second-order valence-corrected chi connectivity index (χ2v) is 7.69. The van der Waals surface area contributed by atoms with Gasteiger partial charge in [-0.05, 0) is 38.1 Å². The van der Waals surface area contributed by atoms with Crippen LogP contribution in [-0.2, 0) is 0 Å². The van der Waals surface area contributed by atoms with Crippen molar-refractivity contribution in [3.05, 3.63) is 0 Å². The van der Waals surface area contributed by atoms with Gasteiger partial charge in [0.15, 0.2) is 5.96 Å². The minimum Gasteiger partial charge on any atom is -0.356 e. The number of hydrogen-bond donors (Lipinski definition) is 2. The van der Waals surface area contributed by atoms with E-state index >= 15 is 0 Å². The van der Waals surface area contributed by atoms with E-state index in [1.807, 2.05) is 7.05 Å². The Morgan fingerprint density at radius 2 is 1.72 bits per heavy atom. The third-order valence-corrected chi connectivity index (χ3v) is 6.31. The normalized spacial score (nSPS) is 23.1. The number of piperazine rings is 1. The summed E-state index contributed by atoms with van der Waals surface area (Å²) in [6.45, 7) is 14.9. The van der Waals surface area contributed by atoms with Crippen LogP contribution in [0.5, 0.6) is 0 Å². The van der Waals surface area contributed by atoms with Crippen LogP contribution in [-0.4, -0.2) is 74.7 Å². The lowest BCUT2D eigenvalue weighted by Gasteiger charge is -2.38. The van der Waals surface area contributed by atoms with Crippen LogP contribution < -0.4 is 10.6 Å². The second-order valence-electron chi connectivity index (χ2n) is 7.69. The molecule has 0 aromatic rings. The van der Waals surface area contributed by atoms with Gasteiger partial charge in [-0.2, -0.15) is 0 Å². The molecule has 0 bridgehead atoms. The number of aliphatic imine (C=N–C) groups is 1. The molecule has 1 unspecified atom stereocenters. The number of nitrogens with zero attached hydrogens (tertiary/aromatic N) is 3. The standard InChI is InChI=1S/C19H39N5.HI/c1-5-19(9-7-8-10-19)16-22-18(20-4)21-15-17(3)24-13-11-23(6-2)12-14-24;/h17H,5-16H2,1-4H3,(H2,20,21,22);1H. The summed E-state index contributed by atoms with van der Waals surface area (Å²) in [5.41, 5.74) is 0.500. The highest BCUT2D eigenvalue weighted by Crippen LogP contribution is 2.40. The average Bonchev–Trinajstić information content (AvgIpc) is 3.11. The quantitative estimate of drug-likeness (QED) is 0.345. The molecule has 0 spiro atoms. The van der Waals surface area contributed by atoms with Gasteiger partial charge in [0.25, 0.3) is 0 Å². The molecule has 0 aromatic heterocycles. The minimum atomic E-state index is 0. The van der Waals surface area contributed by atoms with Crippen molar-refractivity contribution >= 4 is 29.9 Å². The third kappa shape index (κ3) is 6.86. The maximum absolute atomic E-state index is 4.42. The zero-order valence-electron chi connectivity index (χ0n) is 16.8. The van der Waals surface area contributed by atoms with Crippen LogP contribution in [0, 0.1) is 5.41 Å². The van der Waals surface area contributed by atoms with E-state index in [0.717, 1.165) is 19.0 Å². The highest BCUT2D eigenvalue weighted by Gasteiger charge is 2.32. The SMILES string of the molecule is CCN1CCN(C(C)CNC(=NC)NCC2(CC)CCCC2)CC1.I. The van der Waals surface area contributed by atoms with Gasteiger partial charge in [-0.1, -0.05) is 26.7 Å². The predicted octanol–water partition coefficient (Wildman–Crippen LogP) is 2.77. The Bertz CT molecular complexity index is 387. The van der Waals surface area contributed by atoms with Gasteiger partial charge in [0.2, 0.25) is 0 Å². The van der Waals surface area contributed by atoms with Crippen molar-refractivity contribution in [3.8, 4) is 0 Å². The molecule has 2 aliphatic rings. The zero-order valence-corrected chi connectivity index (χ0v) is 19.1. The maximum Gasteiger partial charge on any atom is 0.191 e. The summed E-state index contributed by atoms with van der Waals surface area (Å²) in [5, 5.41) is 7.13. The molecule has 1 atom stereocenters. The molecule has 0 aromatic carbocycles. The van der Waals surface area contributed by atoms with E-state index in [4.69, 9.17) is 0 Å². The van der Waals surface area contributed by atoms with Crippen molar-refractivity contribution in [2.75, 3.05) is 52.9 Å². The number of likely N-dealkylation sites (N-methyl/N-ethyl adjacent to an activating group) is 1. The smallest absolute Gasteiger partial charge is 0.191 e. The van der Waals surface area contributed by atoms with Crippen molar-refractivity contribution < 1.29 is 0 Å². The van der Waals surface area contributed by atoms with Crippen molar-refractivity contribution in [1.82, 2.24) is 20.4 Å². The molecule has 1 aliphatic carbocycles. The van der Waals surface area contributed by atoms with E-state index in [1.54, 1.807) is 0 Å². The second kappa shape index (κ2) is 11.6. The Kier molecular flexibility index (Phi) is 10.6. The van der Waals surface area contributed by atoms with Crippen LogP contribution in [0.4, 0.5) is 0 Å². The Hall–Kier alpha value is -0.0800. The average molecular weight is 465 g/mol. The zero-order chi connectivity index (χ0) is 17.4. The highest BCUT2D eigenvalue weighted by molar-refractivity contribution is 14.0. The number of hydrogen-bond acceptors (Lipinski definition) is 3. The van der Waals surface area contributed by atoms with Crippen LogP contribution in [0.3, 0.4) is 0 Å². The summed E-state index contributed by atoms with van der Waals surface area (Å²) < 4.78 is 0. The van der Waals surface area contributed by atoms with E-state index in [0.29, 0.717) is 11.5 Å². The lowest BCUT2D eigenvalue weighted by atomic mass is 9.83. The van der Waals surface area contributed by atoms with Crippen molar-refractivity contribution in [2.45, 2.75) is 58.9 Å². The van der Waals surface area contributed by atoms with Crippen LogP contribution in [0.1, 0.15) is 52.9 Å². The van der Waals surface area contributed by atoms with E-state index < -0.39 is 0 Å². The molecular formula is C19H40IN5. The molecule has 5 nitrogen and oxygen atoms in total. The summed E-state index contributed by atoms with van der Waals surface area (Å²) in [5.74, 6) is 0.966. The molecule has 1 saturated heterocycles. The first-order valence-electron chi connectivity index (χ1n) is 10.0. The topological polar surface area (TPSA) is 42.9 Å².